The van der Waals surface area contributed by atoms with Crippen molar-refractivity contribution >= 4 is 86.8 Å². The summed E-state index contributed by atoms with van der Waals surface area (Å²) >= 11 is 0. The second kappa shape index (κ2) is 12.8. The maximum atomic E-state index is 6.78. The van der Waals surface area contributed by atoms with Gasteiger partial charge in [0.2, 0.25) is 0 Å². The van der Waals surface area contributed by atoms with Gasteiger partial charge in [0, 0.05) is 27.2 Å². The van der Waals surface area contributed by atoms with Crippen molar-refractivity contribution in [2.75, 3.05) is 0 Å². The number of rotatable bonds is 4. The Balaban J connectivity index is 1.04. The number of fused-ring (bicyclic) bond motifs is 12. The number of nitrogens with zero attached hydrogens (tertiary/aromatic N) is 1. The van der Waals surface area contributed by atoms with E-state index < -0.39 is 0 Å². The largest absolute Gasteiger partial charge is 0.456 e. The molecule has 0 bridgehead atoms. The molecule has 0 amide bonds. The van der Waals surface area contributed by atoms with Gasteiger partial charge in [-0.25, -0.2) is 0 Å². The average molecular weight is 762 g/mol. The van der Waals surface area contributed by atoms with Crippen LogP contribution in [0.3, 0.4) is 0 Å². The van der Waals surface area contributed by atoms with E-state index in [1.54, 1.807) is 0 Å². The summed E-state index contributed by atoms with van der Waals surface area (Å²) in [5.41, 5.74) is 12.6. The molecule has 2 nitrogen and oxygen atoms in total. The first-order valence-electron chi connectivity index (χ1n) is 20.7. The number of para-hydroxylation sites is 2. The first-order chi connectivity index (χ1) is 29.8. The molecule has 2 heterocycles. The molecular weight excluding hydrogens is 727 g/mol. The molecule has 0 saturated carbocycles. The van der Waals surface area contributed by atoms with Crippen molar-refractivity contribution in [2.24, 2.45) is 0 Å². The van der Waals surface area contributed by atoms with Crippen LogP contribution >= 0.6 is 0 Å². The zero-order chi connectivity index (χ0) is 39.3. The Morgan fingerprint density at radius 3 is 1.63 bits per heavy atom. The standard InChI is InChI=1S/C58H35NO/c1-2-18-40(19-3-1)59-51-28-13-12-22-43(51)49-34-38(29-31-52(49)59)37-16-14-17-39(33-37)55-45-24-8-10-26-47(45)56(48-27-11-9-25-46(48)55)50-35-54-58(44-23-7-6-21-42(44)50)57-41-20-5-4-15-36(41)30-32-53(57)60-54/h1-35H. The fourth-order valence-corrected chi connectivity index (χ4v) is 10.2. The zero-order valence-electron chi connectivity index (χ0n) is 32.6. The van der Waals surface area contributed by atoms with Gasteiger partial charge in [0.1, 0.15) is 11.2 Å². The van der Waals surface area contributed by atoms with E-state index in [2.05, 4.69) is 217 Å². The minimum atomic E-state index is 0.906. The van der Waals surface area contributed by atoms with Crippen LogP contribution in [-0.4, -0.2) is 4.57 Å². The minimum Gasteiger partial charge on any atom is -0.456 e. The van der Waals surface area contributed by atoms with E-state index in [9.17, 15) is 0 Å². The topological polar surface area (TPSA) is 18.1 Å². The van der Waals surface area contributed by atoms with Gasteiger partial charge in [-0.15, -0.1) is 0 Å². The molecule has 13 aromatic rings. The Kier molecular flexibility index (Phi) is 7.05. The summed E-state index contributed by atoms with van der Waals surface area (Å²) in [6.45, 7) is 0. The van der Waals surface area contributed by atoms with Gasteiger partial charge in [0.25, 0.3) is 0 Å². The van der Waals surface area contributed by atoms with E-state index in [0.29, 0.717) is 0 Å². The summed E-state index contributed by atoms with van der Waals surface area (Å²) < 4.78 is 9.15. The monoisotopic (exact) mass is 761 g/mol. The molecule has 13 rings (SSSR count). The summed E-state index contributed by atoms with van der Waals surface area (Å²) in [7, 11) is 0. The van der Waals surface area contributed by atoms with Crippen molar-refractivity contribution in [3.63, 3.8) is 0 Å². The van der Waals surface area contributed by atoms with Crippen LogP contribution < -0.4 is 0 Å². The van der Waals surface area contributed by atoms with Gasteiger partial charge in [-0.05, 0) is 125 Å². The van der Waals surface area contributed by atoms with Crippen molar-refractivity contribution in [1.29, 1.82) is 0 Å². The molecule has 11 aromatic carbocycles. The van der Waals surface area contributed by atoms with Gasteiger partial charge < -0.3 is 8.98 Å². The smallest absolute Gasteiger partial charge is 0.136 e. The van der Waals surface area contributed by atoms with Crippen molar-refractivity contribution in [3.8, 4) is 39.1 Å². The Morgan fingerprint density at radius 1 is 0.300 bits per heavy atom. The van der Waals surface area contributed by atoms with Gasteiger partial charge in [-0.2, -0.15) is 0 Å². The van der Waals surface area contributed by atoms with Crippen LogP contribution in [0.25, 0.3) is 126 Å². The van der Waals surface area contributed by atoms with E-state index in [0.717, 1.165) is 11.2 Å². The van der Waals surface area contributed by atoms with Crippen LogP contribution in [0.1, 0.15) is 0 Å². The highest BCUT2D eigenvalue weighted by atomic mass is 16.3. The summed E-state index contributed by atoms with van der Waals surface area (Å²) in [5, 5.41) is 14.6. The lowest BCUT2D eigenvalue weighted by molar-refractivity contribution is 0.669. The maximum absolute atomic E-state index is 6.78. The summed E-state index contributed by atoms with van der Waals surface area (Å²) in [6.07, 6.45) is 0. The Hall–Kier alpha value is -7.94. The normalized spacial score (nSPS) is 12.0. The third-order valence-corrected chi connectivity index (χ3v) is 12.7. The van der Waals surface area contributed by atoms with Crippen molar-refractivity contribution < 1.29 is 4.42 Å². The highest BCUT2D eigenvalue weighted by molar-refractivity contribution is 6.31. The maximum Gasteiger partial charge on any atom is 0.136 e. The Labute approximate surface area is 345 Å². The molecule has 0 spiro atoms. The summed E-state index contributed by atoms with van der Waals surface area (Å²) in [5.74, 6) is 0. The first kappa shape index (κ1) is 33.1. The summed E-state index contributed by atoms with van der Waals surface area (Å²) in [4.78, 5) is 0. The highest BCUT2D eigenvalue weighted by Crippen LogP contribution is 2.49. The minimum absolute atomic E-state index is 0.906. The molecule has 0 unspecified atom stereocenters. The molecule has 0 radical (unpaired) electrons. The average Bonchev–Trinajstić information content (AvgIpc) is 3.87. The van der Waals surface area contributed by atoms with E-state index in [1.165, 1.54) is 115 Å². The number of benzene rings is 11. The predicted octanol–water partition coefficient (Wildman–Crippen LogP) is 16.3. The second-order valence-electron chi connectivity index (χ2n) is 15.9. The van der Waals surface area contributed by atoms with E-state index in [1.807, 2.05) is 0 Å². The Bertz CT molecular complexity index is 3830. The van der Waals surface area contributed by atoms with Crippen LogP contribution in [0.4, 0.5) is 0 Å². The lowest BCUT2D eigenvalue weighted by Crippen LogP contribution is -1.93. The molecule has 0 saturated heterocycles. The predicted molar refractivity (Wildman–Crippen MR) is 254 cm³/mol. The molecule has 0 aliphatic rings. The number of furan rings is 1. The number of hydrogen-bond donors (Lipinski definition) is 0. The fourth-order valence-electron chi connectivity index (χ4n) is 10.2. The molecular formula is C58H35NO. The first-order valence-corrected chi connectivity index (χ1v) is 20.7. The summed E-state index contributed by atoms with van der Waals surface area (Å²) in [6, 6.07) is 77.4. The SMILES string of the molecule is c1ccc(-n2c3ccccc3c3cc(-c4cccc(-c5c6ccccc6c(-c6cc7oc8ccc9ccccc9c8c7c7ccccc67)c6ccccc56)c4)ccc32)cc1. The van der Waals surface area contributed by atoms with E-state index in [4.69, 9.17) is 4.42 Å². The van der Waals surface area contributed by atoms with Crippen molar-refractivity contribution in [3.05, 3.63) is 212 Å². The number of hydrogen-bond acceptors (Lipinski definition) is 1. The van der Waals surface area contributed by atoms with Gasteiger partial charge in [-0.3, -0.25) is 0 Å². The quantitative estimate of drug-likeness (QED) is 0.163. The van der Waals surface area contributed by atoms with Crippen molar-refractivity contribution in [1.82, 2.24) is 4.57 Å². The van der Waals surface area contributed by atoms with Crippen LogP contribution in [0.2, 0.25) is 0 Å². The lowest BCUT2D eigenvalue weighted by atomic mass is 9.84. The molecule has 0 fully saturated rings. The van der Waals surface area contributed by atoms with Gasteiger partial charge in [0.05, 0.1) is 11.0 Å². The lowest BCUT2D eigenvalue weighted by Gasteiger charge is -2.19. The third-order valence-electron chi connectivity index (χ3n) is 12.7. The van der Waals surface area contributed by atoms with E-state index >= 15 is 0 Å². The fraction of sp³-hybridized carbons (Fsp3) is 0. The molecule has 0 aliphatic heterocycles. The third kappa shape index (κ3) is 4.76. The van der Waals surface area contributed by atoms with E-state index in [-0.39, 0.29) is 0 Å². The zero-order valence-corrected chi connectivity index (χ0v) is 32.6. The number of aromatic nitrogens is 1. The molecule has 0 atom stereocenters. The molecule has 2 heteroatoms. The molecule has 0 aliphatic carbocycles. The molecule has 0 N–H and O–H groups in total. The van der Waals surface area contributed by atoms with Gasteiger partial charge in [-0.1, -0.05) is 164 Å². The molecule has 60 heavy (non-hydrogen) atoms. The van der Waals surface area contributed by atoms with Crippen molar-refractivity contribution in [2.45, 2.75) is 0 Å². The highest BCUT2D eigenvalue weighted by Gasteiger charge is 2.22. The van der Waals surface area contributed by atoms with Gasteiger partial charge >= 0.3 is 0 Å². The Morgan fingerprint density at radius 2 is 0.867 bits per heavy atom. The molecule has 278 valence electrons. The van der Waals surface area contributed by atoms with Crippen LogP contribution in [0, 0.1) is 0 Å². The van der Waals surface area contributed by atoms with Crippen LogP contribution in [0.5, 0.6) is 0 Å². The molecule has 2 aromatic heterocycles. The second-order valence-corrected chi connectivity index (χ2v) is 15.9. The van der Waals surface area contributed by atoms with Gasteiger partial charge in [0.15, 0.2) is 0 Å². The van der Waals surface area contributed by atoms with Crippen LogP contribution in [-0.2, 0) is 0 Å². The van der Waals surface area contributed by atoms with Crippen LogP contribution in [0.15, 0.2) is 217 Å².